The Morgan fingerprint density at radius 1 is 1.35 bits per heavy atom. The molecule has 1 fully saturated rings. The van der Waals surface area contributed by atoms with E-state index in [4.69, 9.17) is 5.11 Å². The van der Waals surface area contributed by atoms with Gasteiger partial charge in [-0.1, -0.05) is 18.2 Å². The Hall–Kier alpha value is -1.58. The third kappa shape index (κ3) is 2.25. The van der Waals surface area contributed by atoms with Crippen LogP contribution in [0, 0.1) is 6.92 Å². The van der Waals surface area contributed by atoms with Crippen LogP contribution in [0.25, 0.3) is 0 Å². The van der Waals surface area contributed by atoms with Crippen LogP contribution in [0.3, 0.4) is 0 Å². The molecule has 3 nitrogen and oxygen atoms in total. The van der Waals surface area contributed by atoms with E-state index in [1.807, 2.05) is 31.2 Å². The zero-order valence-electron chi connectivity index (χ0n) is 9.82. The molecular formula is C13H16FNO2. The minimum Gasteiger partial charge on any atom is -0.479 e. The highest BCUT2D eigenvalue weighted by atomic mass is 19.1. The minimum atomic E-state index is -2.04. The number of aliphatic carboxylic acids is 1. The first-order chi connectivity index (χ1) is 8.03. The number of nitrogens with zero attached hydrogens (tertiary/aromatic N) is 1. The molecule has 1 aromatic rings. The standard InChI is InChI=1S/C13H16FNO2/c1-10-4-2-3-5-11(10)15-8-6-13(14,7-9-15)12(16)17/h2-5H,6-9H2,1H3,(H,16,17). The van der Waals surface area contributed by atoms with Crippen molar-refractivity contribution in [2.75, 3.05) is 18.0 Å². The van der Waals surface area contributed by atoms with Gasteiger partial charge in [-0.2, -0.15) is 0 Å². The molecule has 0 bridgehead atoms. The second-order valence-electron chi connectivity index (χ2n) is 4.54. The Morgan fingerprint density at radius 2 is 1.94 bits per heavy atom. The van der Waals surface area contributed by atoms with E-state index in [2.05, 4.69) is 4.90 Å². The molecule has 0 aliphatic carbocycles. The first-order valence-corrected chi connectivity index (χ1v) is 5.76. The maximum Gasteiger partial charge on any atom is 0.341 e. The lowest BCUT2D eigenvalue weighted by molar-refractivity contribution is -0.152. The van der Waals surface area contributed by atoms with Gasteiger partial charge in [-0.25, -0.2) is 9.18 Å². The van der Waals surface area contributed by atoms with Gasteiger partial charge in [0.05, 0.1) is 0 Å². The number of piperidine rings is 1. The van der Waals surface area contributed by atoms with Crippen LogP contribution in [0.4, 0.5) is 10.1 Å². The lowest BCUT2D eigenvalue weighted by atomic mass is 9.93. The smallest absolute Gasteiger partial charge is 0.341 e. The quantitative estimate of drug-likeness (QED) is 0.858. The van der Waals surface area contributed by atoms with Crippen molar-refractivity contribution in [3.63, 3.8) is 0 Å². The second-order valence-corrected chi connectivity index (χ2v) is 4.54. The number of carboxylic acids is 1. The number of anilines is 1. The fraction of sp³-hybridized carbons (Fsp3) is 0.462. The van der Waals surface area contributed by atoms with Crippen LogP contribution in [0.1, 0.15) is 18.4 Å². The largest absolute Gasteiger partial charge is 0.479 e. The molecule has 1 aliphatic heterocycles. The minimum absolute atomic E-state index is 0.0522. The maximum atomic E-state index is 13.9. The lowest BCUT2D eigenvalue weighted by Gasteiger charge is -2.35. The van der Waals surface area contributed by atoms with E-state index >= 15 is 0 Å². The Labute approximate surface area is 99.9 Å². The van der Waals surface area contributed by atoms with Crippen LogP contribution >= 0.6 is 0 Å². The van der Waals surface area contributed by atoms with E-state index in [9.17, 15) is 9.18 Å². The number of para-hydroxylation sites is 1. The van der Waals surface area contributed by atoms with Gasteiger partial charge in [0.15, 0.2) is 0 Å². The van der Waals surface area contributed by atoms with Gasteiger partial charge in [0.25, 0.3) is 0 Å². The third-order valence-electron chi connectivity index (χ3n) is 3.40. The van der Waals surface area contributed by atoms with Crippen molar-refractivity contribution in [1.82, 2.24) is 0 Å². The van der Waals surface area contributed by atoms with Crippen molar-refractivity contribution < 1.29 is 14.3 Å². The number of rotatable bonds is 2. The Balaban J connectivity index is 2.10. The molecule has 1 heterocycles. The average molecular weight is 237 g/mol. The highest BCUT2D eigenvalue weighted by molar-refractivity contribution is 5.77. The van der Waals surface area contributed by atoms with Gasteiger partial charge in [-0.15, -0.1) is 0 Å². The molecule has 0 saturated carbocycles. The summed E-state index contributed by atoms with van der Waals surface area (Å²) in [6.07, 6.45) is 0.104. The molecule has 0 spiro atoms. The van der Waals surface area contributed by atoms with Crippen LogP contribution < -0.4 is 4.90 Å². The molecule has 0 aromatic heterocycles. The first kappa shape index (κ1) is 11.9. The molecule has 2 rings (SSSR count). The summed E-state index contributed by atoms with van der Waals surface area (Å²) in [7, 11) is 0. The molecule has 0 radical (unpaired) electrons. The molecule has 0 unspecified atom stereocenters. The van der Waals surface area contributed by atoms with E-state index < -0.39 is 11.6 Å². The van der Waals surface area contributed by atoms with Gasteiger partial charge in [0.2, 0.25) is 5.67 Å². The molecule has 4 heteroatoms. The second kappa shape index (κ2) is 4.35. The number of hydrogen-bond acceptors (Lipinski definition) is 2. The summed E-state index contributed by atoms with van der Waals surface area (Å²) in [4.78, 5) is 12.8. The molecule has 1 aliphatic rings. The zero-order chi connectivity index (χ0) is 12.5. The molecule has 92 valence electrons. The number of carbonyl (C=O) groups is 1. The van der Waals surface area contributed by atoms with Crippen LogP contribution in [-0.4, -0.2) is 29.8 Å². The summed E-state index contributed by atoms with van der Waals surface area (Å²) in [5.74, 6) is -1.33. The van der Waals surface area contributed by atoms with Gasteiger partial charge < -0.3 is 10.0 Å². The molecular weight excluding hydrogens is 221 g/mol. The summed E-state index contributed by atoms with van der Waals surface area (Å²) in [5, 5.41) is 8.82. The molecule has 0 amide bonds. The van der Waals surface area contributed by atoms with E-state index in [0.29, 0.717) is 13.1 Å². The summed E-state index contributed by atoms with van der Waals surface area (Å²) in [6, 6.07) is 7.89. The van der Waals surface area contributed by atoms with E-state index in [-0.39, 0.29) is 12.8 Å². The third-order valence-corrected chi connectivity index (χ3v) is 3.40. The predicted octanol–water partition coefficient (Wildman–Crippen LogP) is 2.39. The van der Waals surface area contributed by atoms with Gasteiger partial charge in [-0.3, -0.25) is 0 Å². The number of halogens is 1. The molecule has 1 aromatic carbocycles. The number of carboxylic acid groups (broad SMARTS) is 1. The SMILES string of the molecule is Cc1ccccc1N1CCC(F)(C(=O)O)CC1. The van der Waals surface area contributed by atoms with Crippen LogP contribution in [0.5, 0.6) is 0 Å². The number of benzene rings is 1. The predicted molar refractivity (Wildman–Crippen MR) is 64.1 cm³/mol. The summed E-state index contributed by atoms with van der Waals surface area (Å²) < 4.78 is 13.9. The fourth-order valence-electron chi connectivity index (χ4n) is 2.23. The molecule has 1 N–H and O–H groups in total. The lowest BCUT2D eigenvalue weighted by Crippen LogP contribution is -2.46. The topological polar surface area (TPSA) is 40.5 Å². The van der Waals surface area contributed by atoms with E-state index in [1.54, 1.807) is 0 Å². The van der Waals surface area contributed by atoms with Crippen LogP contribution in [0.2, 0.25) is 0 Å². The van der Waals surface area contributed by atoms with Crippen molar-refractivity contribution in [2.45, 2.75) is 25.4 Å². The van der Waals surface area contributed by atoms with Gasteiger partial charge in [-0.05, 0) is 18.6 Å². The molecule has 17 heavy (non-hydrogen) atoms. The van der Waals surface area contributed by atoms with Gasteiger partial charge >= 0.3 is 5.97 Å². The van der Waals surface area contributed by atoms with Crippen molar-refractivity contribution in [3.8, 4) is 0 Å². The Kier molecular flexibility index (Phi) is 3.05. The molecule has 1 saturated heterocycles. The monoisotopic (exact) mass is 237 g/mol. The van der Waals surface area contributed by atoms with E-state index in [0.717, 1.165) is 11.3 Å². The maximum absolute atomic E-state index is 13.9. The first-order valence-electron chi connectivity index (χ1n) is 5.76. The fourth-order valence-corrected chi connectivity index (χ4v) is 2.23. The normalized spacial score (nSPS) is 19.1. The summed E-state index contributed by atoms with van der Waals surface area (Å²) in [6.45, 7) is 2.91. The summed E-state index contributed by atoms with van der Waals surface area (Å²) in [5.41, 5.74) is 0.160. The van der Waals surface area contributed by atoms with Crippen molar-refractivity contribution >= 4 is 11.7 Å². The van der Waals surface area contributed by atoms with Crippen molar-refractivity contribution in [1.29, 1.82) is 0 Å². The van der Waals surface area contributed by atoms with Gasteiger partial charge in [0, 0.05) is 31.6 Å². The van der Waals surface area contributed by atoms with Crippen molar-refractivity contribution in [2.24, 2.45) is 0 Å². The summed E-state index contributed by atoms with van der Waals surface area (Å²) >= 11 is 0. The van der Waals surface area contributed by atoms with Crippen molar-refractivity contribution in [3.05, 3.63) is 29.8 Å². The van der Waals surface area contributed by atoms with Crippen LogP contribution in [-0.2, 0) is 4.79 Å². The van der Waals surface area contributed by atoms with E-state index in [1.165, 1.54) is 0 Å². The Bertz CT molecular complexity index is 425. The Morgan fingerprint density at radius 3 is 2.47 bits per heavy atom. The number of aryl methyl sites for hydroxylation is 1. The highest BCUT2D eigenvalue weighted by Gasteiger charge is 2.41. The average Bonchev–Trinajstić information content (AvgIpc) is 2.31. The number of alkyl halides is 1. The highest BCUT2D eigenvalue weighted by Crippen LogP contribution is 2.30. The zero-order valence-corrected chi connectivity index (χ0v) is 9.82. The van der Waals surface area contributed by atoms with Gasteiger partial charge in [0.1, 0.15) is 0 Å². The molecule has 0 atom stereocenters. The number of hydrogen-bond donors (Lipinski definition) is 1. The van der Waals surface area contributed by atoms with Crippen LogP contribution in [0.15, 0.2) is 24.3 Å².